The van der Waals surface area contributed by atoms with Crippen molar-refractivity contribution in [2.24, 2.45) is 0 Å². The first-order chi connectivity index (χ1) is 18.3. The minimum Gasteiger partial charge on any atom is -0.492 e. The van der Waals surface area contributed by atoms with E-state index in [-0.39, 0.29) is 0 Å². The zero-order chi connectivity index (χ0) is 24.9. The number of ether oxygens (including phenoxy) is 2. The van der Waals surface area contributed by atoms with Crippen LogP contribution in [0.25, 0.3) is 22.2 Å². The maximum absolute atomic E-state index is 6.01. The fourth-order valence-corrected chi connectivity index (χ4v) is 4.62. The number of nitrogens with one attached hydrogen (secondary N) is 2. The molecule has 6 rings (SSSR count). The van der Waals surface area contributed by atoms with Gasteiger partial charge < -0.3 is 19.8 Å². The van der Waals surface area contributed by atoms with Crippen molar-refractivity contribution in [3.05, 3.63) is 91.0 Å². The second-order valence-corrected chi connectivity index (χ2v) is 9.19. The summed E-state index contributed by atoms with van der Waals surface area (Å²) in [7, 11) is 0. The summed E-state index contributed by atoms with van der Waals surface area (Å²) in [4.78, 5) is 10.3. The summed E-state index contributed by atoms with van der Waals surface area (Å²) in [6.45, 7) is 5.83. The topological polar surface area (TPSA) is 80.2 Å². The van der Waals surface area contributed by atoms with Gasteiger partial charge in [0.2, 0.25) is 0 Å². The quantitative estimate of drug-likeness (QED) is 0.303. The number of morpholine rings is 1. The molecule has 3 aromatic heterocycles. The van der Waals surface area contributed by atoms with Crippen molar-refractivity contribution in [2.75, 3.05) is 44.8 Å². The van der Waals surface area contributed by atoms with Crippen LogP contribution in [-0.4, -0.2) is 64.1 Å². The van der Waals surface area contributed by atoms with Crippen molar-refractivity contribution in [1.82, 2.24) is 24.6 Å². The lowest BCUT2D eigenvalue weighted by molar-refractivity contribution is 0.0322. The normalized spacial score (nSPS) is 14.2. The summed E-state index contributed by atoms with van der Waals surface area (Å²) >= 11 is 0. The molecular weight excluding hydrogens is 464 g/mol. The number of anilines is 2. The predicted octanol–water partition coefficient (Wildman–Crippen LogP) is 4.93. The van der Waals surface area contributed by atoms with Crippen LogP contribution in [0, 0.1) is 0 Å². The van der Waals surface area contributed by atoms with Crippen molar-refractivity contribution in [1.29, 1.82) is 0 Å². The van der Waals surface area contributed by atoms with Gasteiger partial charge in [0.25, 0.3) is 0 Å². The van der Waals surface area contributed by atoms with Crippen LogP contribution in [0.4, 0.5) is 11.4 Å². The lowest BCUT2D eigenvalue weighted by Crippen LogP contribution is -2.38. The maximum Gasteiger partial charge on any atom is 0.138 e. The predicted molar refractivity (Wildman–Crippen MR) is 145 cm³/mol. The SMILES string of the molecule is c1ccc(Cn2cc(-c3c[nH]c4ncc(Nc5cccc(OCCN6CCOCC6)c5)cc34)cn2)cc1. The Labute approximate surface area is 215 Å². The van der Waals surface area contributed by atoms with Crippen LogP contribution in [0.3, 0.4) is 0 Å². The van der Waals surface area contributed by atoms with E-state index in [4.69, 9.17) is 9.47 Å². The van der Waals surface area contributed by atoms with Gasteiger partial charge in [-0.15, -0.1) is 0 Å². The first-order valence-electron chi connectivity index (χ1n) is 12.6. The van der Waals surface area contributed by atoms with E-state index in [0.717, 1.165) is 78.7 Å². The molecule has 8 heteroatoms. The molecule has 1 aliphatic heterocycles. The average molecular weight is 495 g/mol. The molecule has 4 heterocycles. The zero-order valence-electron chi connectivity index (χ0n) is 20.6. The monoisotopic (exact) mass is 494 g/mol. The Balaban J connectivity index is 1.14. The number of aromatic nitrogens is 4. The Morgan fingerprint density at radius 2 is 1.86 bits per heavy atom. The highest BCUT2D eigenvalue weighted by Gasteiger charge is 2.12. The average Bonchev–Trinajstić information content (AvgIpc) is 3.57. The van der Waals surface area contributed by atoms with E-state index in [1.165, 1.54) is 5.56 Å². The molecule has 2 aromatic carbocycles. The molecule has 1 saturated heterocycles. The first-order valence-corrected chi connectivity index (χ1v) is 12.6. The third kappa shape index (κ3) is 5.66. The van der Waals surface area contributed by atoms with Gasteiger partial charge in [0.15, 0.2) is 0 Å². The Morgan fingerprint density at radius 3 is 2.76 bits per heavy atom. The molecule has 0 radical (unpaired) electrons. The molecule has 0 atom stereocenters. The van der Waals surface area contributed by atoms with Gasteiger partial charge in [-0.3, -0.25) is 9.58 Å². The lowest BCUT2D eigenvalue weighted by atomic mass is 10.1. The standard InChI is InChI=1S/C29H30N6O2/c1-2-5-22(6-3-1)20-35-21-23(17-32-35)28-19-31-29-27(28)16-25(18-30-29)33-24-7-4-8-26(15-24)37-14-11-34-9-12-36-13-10-34/h1-8,15-19,21,33H,9-14,20H2,(H,30,31). The number of nitrogens with zero attached hydrogens (tertiary/aromatic N) is 4. The number of fused-ring (bicyclic) bond motifs is 1. The molecule has 0 amide bonds. The summed E-state index contributed by atoms with van der Waals surface area (Å²) in [5.41, 5.74) is 6.06. The third-order valence-electron chi connectivity index (χ3n) is 6.57. The molecule has 1 aliphatic rings. The first kappa shape index (κ1) is 23.3. The molecule has 5 aromatic rings. The van der Waals surface area contributed by atoms with Gasteiger partial charge in [0.1, 0.15) is 18.0 Å². The molecule has 0 spiro atoms. The summed E-state index contributed by atoms with van der Waals surface area (Å²) in [6.07, 6.45) is 7.82. The van der Waals surface area contributed by atoms with Crippen LogP contribution in [-0.2, 0) is 11.3 Å². The fraction of sp³-hybridized carbons (Fsp3) is 0.241. The Bertz CT molecular complexity index is 1460. The van der Waals surface area contributed by atoms with E-state index < -0.39 is 0 Å². The summed E-state index contributed by atoms with van der Waals surface area (Å²) in [5.74, 6) is 0.848. The second kappa shape index (κ2) is 10.9. The molecular formula is C29H30N6O2. The smallest absolute Gasteiger partial charge is 0.138 e. The van der Waals surface area contributed by atoms with E-state index in [1.807, 2.05) is 65.7 Å². The van der Waals surface area contributed by atoms with Crippen LogP contribution in [0.15, 0.2) is 85.5 Å². The molecule has 0 bridgehead atoms. The summed E-state index contributed by atoms with van der Waals surface area (Å²) in [5, 5.41) is 9.09. The van der Waals surface area contributed by atoms with E-state index in [0.29, 0.717) is 6.61 Å². The van der Waals surface area contributed by atoms with Crippen LogP contribution >= 0.6 is 0 Å². The van der Waals surface area contributed by atoms with Crippen molar-refractivity contribution in [3.63, 3.8) is 0 Å². The third-order valence-corrected chi connectivity index (χ3v) is 6.57. The van der Waals surface area contributed by atoms with Crippen LogP contribution in [0.5, 0.6) is 5.75 Å². The zero-order valence-corrected chi connectivity index (χ0v) is 20.6. The second-order valence-electron chi connectivity index (χ2n) is 9.19. The van der Waals surface area contributed by atoms with E-state index in [9.17, 15) is 0 Å². The van der Waals surface area contributed by atoms with E-state index >= 15 is 0 Å². The van der Waals surface area contributed by atoms with Gasteiger partial charge >= 0.3 is 0 Å². The highest BCUT2D eigenvalue weighted by atomic mass is 16.5. The molecule has 0 unspecified atom stereocenters. The number of pyridine rings is 1. The van der Waals surface area contributed by atoms with Crippen LogP contribution < -0.4 is 10.1 Å². The van der Waals surface area contributed by atoms with E-state index in [2.05, 4.69) is 49.7 Å². The van der Waals surface area contributed by atoms with Crippen molar-refractivity contribution < 1.29 is 9.47 Å². The van der Waals surface area contributed by atoms with Gasteiger partial charge in [-0.2, -0.15) is 5.10 Å². The van der Waals surface area contributed by atoms with Gasteiger partial charge in [0, 0.05) is 60.3 Å². The van der Waals surface area contributed by atoms with Gasteiger partial charge in [0.05, 0.1) is 37.8 Å². The number of rotatable bonds is 9. The Hall–Kier alpha value is -4.14. The van der Waals surface area contributed by atoms with Crippen molar-refractivity contribution in [2.45, 2.75) is 6.54 Å². The number of aromatic amines is 1. The Morgan fingerprint density at radius 1 is 0.973 bits per heavy atom. The number of benzene rings is 2. The molecule has 1 fully saturated rings. The van der Waals surface area contributed by atoms with Crippen molar-refractivity contribution >= 4 is 22.4 Å². The van der Waals surface area contributed by atoms with Crippen LogP contribution in [0.1, 0.15) is 5.56 Å². The lowest BCUT2D eigenvalue weighted by Gasteiger charge is -2.26. The number of H-pyrrole nitrogens is 1. The molecule has 37 heavy (non-hydrogen) atoms. The fourth-order valence-electron chi connectivity index (χ4n) is 4.62. The highest BCUT2D eigenvalue weighted by molar-refractivity contribution is 5.95. The van der Waals surface area contributed by atoms with Crippen LogP contribution in [0.2, 0.25) is 0 Å². The Kier molecular flexibility index (Phi) is 6.83. The van der Waals surface area contributed by atoms with Gasteiger partial charge in [-0.1, -0.05) is 36.4 Å². The number of hydrogen-bond donors (Lipinski definition) is 2. The minimum absolute atomic E-state index is 0.654. The van der Waals surface area contributed by atoms with Crippen molar-refractivity contribution in [3.8, 4) is 16.9 Å². The molecule has 188 valence electrons. The molecule has 0 saturated carbocycles. The minimum atomic E-state index is 0.654. The van der Waals surface area contributed by atoms with Gasteiger partial charge in [-0.05, 0) is 23.8 Å². The molecule has 2 N–H and O–H groups in total. The molecule has 0 aliphatic carbocycles. The molecule has 8 nitrogen and oxygen atoms in total. The van der Waals surface area contributed by atoms with Gasteiger partial charge in [-0.25, -0.2) is 4.98 Å². The maximum atomic E-state index is 6.01. The number of hydrogen-bond acceptors (Lipinski definition) is 6. The van der Waals surface area contributed by atoms with E-state index in [1.54, 1.807) is 0 Å². The highest BCUT2D eigenvalue weighted by Crippen LogP contribution is 2.30. The largest absolute Gasteiger partial charge is 0.492 e. The summed E-state index contributed by atoms with van der Waals surface area (Å²) < 4.78 is 13.4. The summed E-state index contributed by atoms with van der Waals surface area (Å²) in [6, 6.07) is 20.5.